The summed E-state index contributed by atoms with van der Waals surface area (Å²) in [5.74, 6) is 1.11. The summed E-state index contributed by atoms with van der Waals surface area (Å²) in [5, 5.41) is 0.769. The van der Waals surface area contributed by atoms with Crippen LogP contribution in [0.25, 0.3) is 10.6 Å². The molecule has 0 aliphatic rings. The number of hydrogen-bond donors (Lipinski definition) is 0. The monoisotopic (exact) mass is 357 g/mol. The summed E-state index contributed by atoms with van der Waals surface area (Å²) in [5.41, 5.74) is 1.86. The molecule has 1 atom stereocenters. The number of rotatable bonds is 8. The highest BCUT2D eigenvalue weighted by Gasteiger charge is 2.17. The van der Waals surface area contributed by atoms with Crippen LogP contribution in [0.4, 0.5) is 4.39 Å². The first kappa shape index (κ1) is 18.0. The third-order valence-corrected chi connectivity index (χ3v) is 4.71. The van der Waals surface area contributed by atoms with Crippen LogP contribution in [-0.2, 0) is 6.42 Å². The van der Waals surface area contributed by atoms with Crippen LogP contribution in [0.15, 0.2) is 18.2 Å². The van der Waals surface area contributed by atoms with Gasteiger partial charge in [-0.25, -0.2) is 9.37 Å². The van der Waals surface area contributed by atoms with Crippen molar-refractivity contribution >= 4 is 22.9 Å². The molecule has 0 saturated carbocycles. The van der Waals surface area contributed by atoms with E-state index in [4.69, 9.17) is 26.1 Å². The van der Waals surface area contributed by atoms with Gasteiger partial charge in [-0.15, -0.1) is 22.9 Å². The molecule has 0 saturated heterocycles. The topological polar surface area (TPSA) is 31.4 Å². The summed E-state index contributed by atoms with van der Waals surface area (Å²) >= 11 is 7.90. The van der Waals surface area contributed by atoms with Gasteiger partial charge in [0.15, 0.2) is 11.5 Å². The van der Waals surface area contributed by atoms with Crippen LogP contribution in [0.1, 0.15) is 36.2 Å². The summed E-state index contributed by atoms with van der Waals surface area (Å²) in [6.07, 6.45) is 2.01. The van der Waals surface area contributed by atoms with Crippen molar-refractivity contribution in [3.8, 4) is 22.1 Å². The highest BCUT2D eigenvalue weighted by Crippen LogP contribution is 2.37. The van der Waals surface area contributed by atoms with Gasteiger partial charge < -0.3 is 9.47 Å². The molecule has 1 heterocycles. The van der Waals surface area contributed by atoms with Crippen molar-refractivity contribution in [1.82, 2.24) is 4.98 Å². The van der Waals surface area contributed by atoms with Gasteiger partial charge in [-0.1, -0.05) is 13.3 Å². The second-order valence-electron chi connectivity index (χ2n) is 5.10. The number of methoxy groups -OCH3 is 1. The molecular formula is C17H21ClFNO2S. The quantitative estimate of drug-likeness (QED) is 0.591. The van der Waals surface area contributed by atoms with Crippen molar-refractivity contribution in [3.05, 3.63) is 28.8 Å². The summed E-state index contributed by atoms with van der Waals surface area (Å²) in [6, 6.07) is 5.58. The molecule has 6 heteroatoms. The van der Waals surface area contributed by atoms with E-state index in [1.165, 1.54) is 4.88 Å². The number of ether oxygens (including phenoxy) is 2. The Labute approximate surface area is 145 Å². The van der Waals surface area contributed by atoms with E-state index in [9.17, 15) is 4.39 Å². The van der Waals surface area contributed by atoms with Gasteiger partial charge in [0.2, 0.25) is 0 Å². The SMILES string of the molecule is CCCc1sc(-c2ccc(OC)c(OCCF)c2)nc1[C@H](C)Cl. The molecule has 126 valence electrons. The number of hydrogen-bond acceptors (Lipinski definition) is 4. The Morgan fingerprint density at radius 3 is 2.74 bits per heavy atom. The van der Waals surface area contributed by atoms with Crippen LogP contribution in [-0.4, -0.2) is 25.4 Å². The highest BCUT2D eigenvalue weighted by atomic mass is 35.5. The van der Waals surface area contributed by atoms with E-state index in [1.54, 1.807) is 18.4 Å². The van der Waals surface area contributed by atoms with E-state index in [-0.39, 0.29) is 12.0 Å². The largest absolute Gasteiger partial charge is 0.493 e. The third kappa shape index (κ3) is 4.36. The zero-order valence-corrected chi connectivity index (χ0v) is 15.1. The minimum Gasteiger partial charge on any atom is -0.493 e. The number of aryl methyl sites for hydroxylation is 1. The predicted molar refractivity (Wildman–Crippen MR) is 93.8 cm³/mol. The normalized spacial score (nSPS) is 12.2. The smallest absolute Gasteiger partial charge is 0.161 e. The van der Waals surface area contributed by atoms with Gasteiger partial charge in [-0.3, -0.25) is 0 Å². The van der Waals surface area contributed by atoms with E-state index < -0.39 is 6.67 Å². The van der Waals surface area contributed by atoms with Crippen molar-refractivity contribution in [1.29, 1.82) is 0 Å². The highest BCUT2D eigenvalue weighted by molar-refractivity contribution is 7.15. The third-order valence-electron chi connectivity index (χ3n) is 3.33. The van der Waals surface area contributed by atoms with Crippen LogP contribution in [0.5, 0.6) is 11.5 Å². The van der Waals surface area contributed by atoms with Crippen molar-refractivity contribution < 1.29 is 13.9 Å². The molecule has 23 heavy (non-hydrogen) atoms. The first-order valence-electron chi connectivity index (χ1n) is 7.61. The van der Waals surface area contributed by atoms with Crippen LogP contribution in [0.2, 0.25) is 0 Å². The molecule has 0 radical (unpaired) electrons. The fraction of sp³-hybridized carbons (Fsp3) is 0.471. The minimum absolute atomic E-state index is 0.00271. The Balaban J connectivity index is 2.39. The number of nitrogens with zero attached hydrogens (tertiary/aromatic N) is 1. The van der Waals surface area contributed by atoms with E-state index >= 15 is 0 Å². The Kier molecular flexibility index (Phi) is 6.66. The summed E-state index contributed by atoms with van der Waals surface area (Å²) in [4.78, 5) is 5.91. The number of aromatic nitrogens is 1. The van der Waals surface area contributed by atoms with E-state index in [0.29, 0.717) is 11.5 Å². The molecule has 0 N–H and O–H groups in total. The Bertz CT molecular complexity index is 646. The first-order chi connectivity index (χ1) is 11.1. The molecule has 2 rings (SSSR count). The van der Waals surface area contributed by atoms with Gasteiger partial charge in [0.1, 0.15) is 18.3 Å². The molecule has 0 bridgehead atoms. The molecule has 2 aromatic rings. The van der Waals surface area contributed by atoms with E-state index in [1.807, 2.05) is 25.1 Å². The van der Waals surface area contributed by atoms with E-state index in [2.05, 4.69) is 6.92 Å². The predicted octanol–water partition coefficient (Wildman–Crippen LogP) is 5.42. The lowest BCUT2D eigenvalue weighted by Gasteiger charge is -2.10. The zero-order valence-electron chi connectivity index (χ0n) is 13.6. The van der Waals surface area contributed by atoms with Gasteiger partial charge in [0.25, 0.3) is 0 Å². The van der Waals surface area contributed by atoms with Crippen LogP contribution in [0, 0.1) is 0 Å². The van der Waals surface area contributed by atoms with Gasteiger partial charge >= 0.3 is 0 Å². The van der Waals surface area contributed by atoms with Crippen molar-refractivity contribution in [3.63, 3.8) is 0 Å². The second-order valence-corrected chi connectivity index (χ2v) is 6.83. The first-order valence-corrected chi connectivity index (χ1v) is 8.86. The number of alkyl halides is 2. The van der Waals surface area contributed by atoms with Crippen LogP contribution in [0.3, 0.4) is 0 Å². The van der Waals surface area contributed by atoms with Crippen LogP contribution < -0.4 is 9.47 Å². The van der Waals surface area contributed by atoms with Crippen molar-refractivity contribution in [2.24, 2.45) is 0 Å². The maximum atomic E-state index is 12.4. The molecule has 0 fully saturated rings. The van der Waals surface area contributed by atoms with Crippen LogP contribution >= 0.6 is 22.9 Å². The average molecular weight is 358 g/mol. The Morgan fingerprint density at radius 1 is 1.35 bits per heavy atom. The number of benzene rings is 1. The van der Waals surface area contributed by atoms with Crippen molar-refractivity contribution in [2.45, 2.75) is 32.1 Å². The van der Waals surface area contributed by atoms with Gasteiger partial charge in [-0.2, -0.15) is 0 Å². The number of halogens is 2. The maximum absolute atomic E-state index is 12.4. The van der Waals surface area contributed by atoms with Crippen molar-refractivity contribution in [2.75, 3.05) is 20.4 Å². The Morgan fingerprint density at radius 2 is 2.13 bits per heavy atom. The molecule has 0 spiro atoms. The van der Waals surface area contributed by atoms with Gasteiger partial charge in [-0.05, 0) is 31.5 Å². The van der Waals surface area contributed by atoms with Gasteiger partial charge in [0, 0.05) is 10.4 Å². The lowest BCUT2D eigenvalue weighted by Crippen LogP contribution is -2.00. The average Bonchev–Trinajstić information content (AvgIpc) is 2.97. The second kappa shape index (κ2) is 8.50. The fourth-order valence-corrected chi connectivity index (χ4v) is 3.78. The molecule has 1 aromatic heterocycles. The Hall–Kier alpha value is -1.33. The zero-order chi connectivity index (χ0) is 16.8. The molecule has 0 amide bonds. The molecule has 0 unspecified atom stereocenters. The summed E-state index contributed by atoms with van der Waals surface area (Å²) in [6.45, 7) is 3.53. The summed E-state index contributed by atoms with van der Waals surface area (Å²) in [7, 11) is 1.56. The molecule has 0 aliphatic carbocycles. The lowest BCUT2D eigenvalue weighted by atomic mass is 10.2. The molecule has 3 nitrogen and oxygen atoms in total. The van der Waals surface area contributed by atoms with E-state index in [0.717, 1.165) is 29.1 Å². The minimum atomic E-state index is -0.542. The standard InChI is InChI=1S/C17H21ClFNO2S/c1-4-5-15-16(11(2)18)20-17(23-15)12-6-7-13(21-3)14(10-12)22-9-8-19/h6-7,10-11H,4-5,8-9H2,1-3H3/t11-/m0/s1. The fourth-order valence-electron chi connectivity index (χ4n) is 2.28. The van der Waals surface area contributed by atoms with Gasteiger partial charge in [0.05, 0.1) is 18.2 Å². The molecular weight excluding hydrogens is 337 g/mol. The molecule has 0 aliphatic heterocycles. The number of thiazole rings is 1. The molecule has 1 aromatic carbocycles. The maximum Gasteiger partial charge on any atom is 0.161 e. The lowest BCUT2D eigenvalue weighted by molar-refractivity contribution is 0.260. The summed E-state index contributed by atoms with van der Waals surface area (Å²) < 4.78 is 23.1.